The molecule has 0 saturated carbocycles. The number of aryl methyl sites for hydroxylation is 1. The lowest BCUT2D eigenvalue weighted by Crippen LogP contribution is -2.31. The summed E-state index contributed by atoms with van der Waals surface area (Å²) in [4.78, 5) is 24.5. The molecule has 1 heterocycles. The van der Waals surface area contributed by atoms with E-state index in [0.29, 0.717) is 18.7 Å². The maximum Gasteiger partial charge on any atom is 0.251 e. The van der Waals surface area contributed by atoms with E-state index in [1.165, 1.54) is 5.56 Å². The summed E-state index contributed by atoms with van der Waals surface area (Å²) in [5, 5.41) is 9.09. The molecule has 3 rings (SSSR count). The number of hydrogen-bond donors (Lipinski definition) is 3. The van der Waals surface area contributed by atoms with Gasteiger partial charge >= 0.3 is 0 Å². The summed E-state index contributed by atoms with van der Waals surface area (Å²) in [6, 6.07) is 15.5. The van der Waals surface area contributed by atoms with Gasteiger partial charge < -0.3 is 16.0 Å². The van der Waals surface area contributed by atoms with Gasteiger partial charge in [-0.3, -0.25) is 9.59 Å². The zero-order valence-electron chi connectivity index (χ0n) is 15.5. The minimum Gasteiger partial charge on any atom is -0.352 e. The van der Waals surface area contributed by atoms with Gasteiger partial charge in [-0.1, -0.05) is 42.0 Å². The van der Waals surface area contributed by atoms with Gasteiger partial charge in [0.25, 0.3) is 5.91 Å². The number of amides is 2. The number of carbonyl (C=O) groups excluding carboxylic acids is 2. The molecule has 2 aromatic rings. The summed E-state index contributed by atoms with van der Waals surface area (Å²) in [5.74, 6) is 0.0129. The average molecular weight is 388 g/mol. The highest BCUT2D eigenvalue weighted by atomic mass is 35.5. The molecule has 2 amide bonds. The molecule has 1 unspecified atom stereocenters. The number of halogens is 1. The number of carbonyl (C=O) groups is 2. The molecule has 6 heteroatoms. The third-order valence-electron chi connectivity index (χ3n) is 4.66. The predicted molar refractivity (Wildman–Crippen MR) is 109 cm³/mol. The maximum atomic E-state index is 12.4. The van der Waals surface area contributed by atoms with Crippen LogP contribution in [0.4, 0.5) is 0 Å². The summed E-state index contributed by atoms with van der Waals surface area (Å²) in [6.07, 6.45) is 0.882. The average Bonchev–Trinajstić information content (AvgIpc) is 3.20. The van der Waals surface area contributed by atoms with Crippen molar-refractivity contribution in [2.45, 2.75) is 26.4 Å². The molecule has 27 heavy (non-hydrogen) atoms. The summed E-state index contributed by atoms with van der Waals surface area (Å²) in [7, 11) is 0. The van der Waals surface area contributed by atoms with Gasteiger partial charge in [0.05, 0.1) is 5.92 Å². The summed E-state index contributed by atoms with van der Waals surface area (Å²) < 4.78 is 0. The van der Waals surface area contributed by atoms with Crippen molar-refractivity contribution < 1.29 is 9.59 Å². The molecule has 0 radical (unpaired) electrons. The molecule has 3 N–H and O–H groups in total. The maximum absolute atomic E-state index is 12.4. The van der Waals surface area contributed by atoms with E-state index in [2.05, 4.69) is 16.0 Å². The first-order valence-corrected chi connectivity index (χ1v) is 9.03. The van der Waals surface area contributed by atoms with Crippen molar-refractivity contribution in [3.8, 4) is 0 Å². The molecule has 1 fully saturated rings. The Morgan fingerprint density at radius 2 is 1.78 bits per heavy atom. The highest BCUT2D eigenvalue weighted by molar-refractivity contribution is 5.94. The Balaban J connectivity index is 0.00000261. The normalized spacial score (nSPS) is 15.7. The minimum absolute atomic E-state index is 0. The minimum atomic E-state index is -0.112. The third-order valence-corrected chi connectivity index (χ3v) is 4.66. The van der Waals surface area contributed by atoms with Crippen LogP contribution < -0.4 is 16.0 Å². The number of rotatable bonds is 6. The third kappa shape index (κ3) is 6.08. The van der Waals surface area contributed by atoms with Crippen LogP contribution in [0.2, 0.25) is 0 Å². The van der Waals surface area contributed by atoms with Crippen LogP contribution in [0.25, 0.3) is 0 Å². The van der Waals surface area contributed by atoms with Crippen molar-refractivity contribution in [2.75, 3.05) is 13.1 Å². The van der Waals surface area contributed by atoms with Crippen molar-refractivity contribution in [2.24, 2.45) is 5.92 Å². The zero-order chi connectivity index (χ0) is 18.4. The zero-order valence-corrected chi connectivity index (χ0v) is 16.3. The van der Waals surface area contributed by atoms with Crippen LogP contribution >= 0.6 is 12.4 Å². The van der Waals surface area contributed by atoms with E-state index in [1.54, 1.807) is 6.07 Å². The molecule has 0 bridgehead atoms. The molecule has 0 aliphatic carbocycles. The van der Waals surface area contributed by atoms with E-state index in [0.717, 1.165) is 30.6 Å². The second kappa shape index (κ2) is 10.1. The van der Waals surface area contributed by atoms with E-state index in [9.17, 15) is 9.59 Å². The number of benzene rings is 2. The molecule has 2 aromatic carbocycles. The van der Waals surface area contributed by atoms with E-state index in [4.69, 9.17) is 0 Å². The monoisotopic (exact) mass is 387 g/mol. The first-order chi connectivity index (χ1) is 12.6. The Bertz CT molecular complexity index is 771. The van der Waals surface area contributed by atoms with Gasteiger partial charge in [-0.25, -0.2) is 0 Å². The lowest BCUT2D eigenvalue weighted by Gasteiger charge is -2.11. The van der Waals surface area contributed by atoms with Gasteiger partial charge in [0.15, 0.2) is 0 Å². The Morgan fingerprint density at radius 3 is 2.48 bits per heavy atom. The van der Waals surface area contributed by atoms with Crippen molar-refractivity contribution in [1.29, 1.82) is 0 Å². The summed E-state index contributed by atoms with van der Waals surface area (Å²) >= 11 is 0. The first kappa shape index (κ1) is 20.9. The quantitative estimate of drug-likeness (QED) is 0.713. The number of hydrogen-bond acceptors (Lipinski definition) is 3. The van der Waals surface area contributed by atoms with E-state index in [-0.39, 0.29) is 30.1 Å². The highest BCUT2D eigenvalue weighted by Gasteiger charge is 2.21. The second-order valence-electron chi connectivity index (χ2n) is 6.78. The number of nitrogens with one attached hydrogen (secondary N) is 3. The van der Waals surface area contributed by atoms with Crippen molar-refractivity contribution in [1.82, 2.24) is 16.0 Å². The summed E-state index contributed by atoms with van der Waals surface area (Å²) in [6.45, 7) is 4.61. The fourth-order valence-corrected chi connectivity index (χ4v) is 3.02. The van der Waals surface area contributed by atoms with Gasteiger partial charge in [-0.2, -0.15) is 0 Å². The van der Waals surface area contributed by atoms with Gasteiger partial charge in [-0.05, 0) is 43.1 Å². The lowest BCUT2D eigenvalue weighted by molar-refractivity contribution is -0.124. The van der Waals surface area contributed by atoms with E-state index in [1.807, 2.05) is 49.4 Å². The van der Waals surface area contributed by atoms with Crippen LogP contribution in [0.3, 0.4) is 0 Å². The van der Waals surface area contributed by atoms with Gasteiger partial charge in [0.1, 0.15) is 0 Å². The molecule has 0 spiro atoms. The molecule has 5 nitrogen and oxygen atoms in total. The van der Waals surface area contributed by atoms with Crippen LogP contribution in [-0.2, 0) is 17.9 Å². The Hall–Kier alpha value is -2.37. The molecular formula is C21H26ClN3O2. The largest absolute Gasteiger partial charge is 0.352 e. The Labute approximate surface area is 166 Å². The van der Waals surface area contributed by atoms with E-state index < -0.39 is 0 Å². The molecule has 1 atom stereocenters. The molecule has 144 valence electrons. The van der Waals surface area contributed by atoms with Gasteiger partial charge in [0.2, 0.25) is 5.91 Å². The lowest BCUT2D eigenvalue weighted by atomic mass is 10.1. The van der Waals surface area contributed by atoms with Crippen LogP contribution in [-0.4, -0.2) is 24.9 Å². The predicted octanol–water partition coefficient (Wildman–Crippen LogP) is 2.57. The van der Waals surface area contributed by atoms with Crippen LogP contribution in [0, 0.1) is 12.8 Å². The fraction of sp³-hybridized carbons (Fsp3) is 0.333. The van der Waals surface area contributed by atoms with Gasteiger partial charge in [0, 0.05) is 25.2 Å². The summed E-state index contributed by atoms with van der Waals surface area (Å²) in [5.41, 5.74) is 3.79. The fourth-order valence-electron chi connectivity index (χ4n) is 3.02. The van der Waals surface area contributed by atoms with Crippen molar-refractivity contribution >= 4 is 24.2 Å². The Kier molecular flexibility index (Phi) is 7.82. The van der Waals surface area contributed by atoms with Crippen LogP contribution in [0.5, 0.6) is 0 Å². The van der Waals surface area contributed by atoms with Gasteiger partial charge in [-0.15, -0.1) is 12.4 Å². The molecule has 0 aromatic heterocycles. The standard InChI is InChI=1S/C21H25N3O2.ClH/c1-15-5-7-16(8-6-15)12-23-20(25)18-4-2-3-17(11-18)13-24-21(26)19-9-10-22-14-19;/h2-8,11,19,22H,9-10,12-14H2,1H3,(H,23,25)(H,24,26);1H. The topological polar surface area (TPSA) is 70.2 Å². The van der Waals surface area contributed by atoms with Crippen molar-refractivity contribution in [3.63, 3.8) is 0 Å². The first-order valence-electron chi connectivity index (χ1n) is 9.03. The highest BCUT2D eigenvalue weighted by Crippen LogP contribution is 2.10. The molecule has 1 aliphatic rings. The van der Waals surface area contributed by atoms with E-state index >= 15 is 0 Å². The smallest absolute Gasteiger partial charge is 0.251 e. The van der Waals surface area contributed by atoms with Crippen molar-refractivity contribution in [3.05, 3.63) is 70.8 Å². The van der Waals surface area contributed by atoms with Crippen LogP contribution in [0.1, 0.15) is 33.5 Å². The molecule has 1 aliphatic heterocycles. The SMILES string of the molecule is Cc1ccc(CNC(=O)c2cccc(CNC(=O)C3CCNC3)c2)cc1.Cl. The molecular weight excluding hydrogens is 362 g/mol. The molecule has 1 saturated heterocycles. The Morgan fingerprint density at radius 1 is 1.04 bits per heavy atom. The van der Waals surface area contributed by atoms with Crippen LogP contribution in [0.15, 0.2) is 48.5 Å². The second-order valence-corrected chi connectivity index (χ2v) is 6.78.